The molecule has 0 unspecified atom stereocenters. The third kappa shape index (κ3) is 5.38. The van der Waals surface area contributed by atoms with E-state index in [1.807, 2.05) is 18.2 Å². The van der Waals surface area contributed by atoms with E-state index in [1.165, 1.54) is 11.3 Å². The first-order chi connectivity index (χ1) is 16.2. The van der Waals surface area contributed by atoms with Gasteiger partial charge in [-0.15, -0.1) is 12.4 Å². The van der Waals surface area contributed by atoms with Crippen LogP contribution in [0.1, 0.15) is 16.8 Å². The highest BCUT2D eigenvalue weighted by atomic mass is 35.5. The summed E-state index contributed by atoms with van der Waals surface area (Å²) in [5, 5.41) is 0.681. The van der Waals surface area contributed by atoms with Crippen molar-refractivity contribution < 1.29 is 23.7 Å². The van der Waals surface area contributed by atoms with Crippen molar-refractivity contribution in [1.29, 1.82) is 0 Å². The van der Waals surface area contributed by atoms with E-state index in [2.05, 4.69) is 4.90 Å². The van der Waals surface area contributed by atoms with Crippen LogP contribution in [-0.2, 0) is 4.74 Å². The van der Waals surface area contributed by atoms with Crippen LogP contribution < -0.4 is 19.1 Å². The van der Waals surface area contributed by atoms with Crippen LogP contribution in [0.4, 0.5) is 5.13 Å². The van der Waals surface area contributed by atoms with Crippen molar-refractivity contribution in [1.82, 2.24) is 9.88 Å². The molecule has 2 aliphatic rings. The van der Waals surface area contributed by atoms with Gasteiger partial charge >= 0.3 is 0 Å². The first kappa shape index (κ1) is 24.5. The molecule has 34 heavy (non-hydrogen) atoms. The molecule has 0 radical (unpaired) electrons. The summed E-state index contributed by atoms with van der Waals surface area (Å²) in [6.07, 6.45) is 0.843. The van der Waals surface area contributed by atoms with Crippen molar-refractivity contribution in [2.75, 3.05) is 64.6 Å². The Hall–Kier alpha value is -2.59. The van der Waals surface area contributed by atoms with Crippen LogP contribution in [-0.4, -0.2) is 75.5 Å². The first-order valence-electron chi connectivity index (χ1n) is 11.2. The van der Waals surface area contributed by atoms with Crippen molar-refractivity contribution in [3.8, 4) is 17.2 Å². The first-order valence-corrected chi connectivity index (χ1v) is 12.0. The second-order valence-corrected chi connectivity index (χ2v) is 8.96. The monoisotopic (exact) mass is 505 g/mol. The predicted molar refractivity (Wildman–Crippen MR) is 134 cm³/mol. The van der Waals surface area contributed by atoms with Gasteiger partial charge in [0.1, 0.15) is 19.0 Å². The molecule has 0 saturated carbocycles. The molecule has 1 saturated heterocycles. The Balaban J connectivity index is 0.00000274. The zero-order valence-corrected chi connectivity index (χ0v) is 20.7. The van der Waals surface area contributed by atoms with Gasteiger partial charge in [0.15, 0.2) is 16.6 Å². The number of fused-ring (bicyclic) bond motifs is 2. The Morgan fingerprint density at radius 3 is 2.68 bits per heavy atom. The molecular weight excluding hydrogens is 478 g/mol. The Morgan fingerprint density at radius 2 is 1.88 bits per heavy atom. The van der Waals surface area contributed by atoms with Gasteiger partial charge in [0, 0.05) is 37.8 Å². The Bertz CT molecular complexity index is 1130. The molecule has 2 aliphatic heterocycles. The second kappa shape index (κ2) is 11.2. The zero-order chi connectivity index (χ0) is 22.6. The molecule has 2 aromatic carbocycles. The maximum Gasteiger partial charge on any atom is 0.260 e. The van der Waals surface area contributed by atoms with E-state index in [0.717, 1.165) is 55.2 Å². The number of morpholine rings is 1. The number of ether oxygens (including phenoxy) is 4. The molecule has 0 spiro atoms. The van der Waals surface area contributed by atoms with E-state index in [4.69, 9.17) is 23.9 Å². The van der Waals surface area contributed by atoms with E-state index in [-0.39, 0.29) is 18.3 Å². The van der Waals surface area contributed by atoms with Crippen LogP contribution in [0.5, 0.6) is 17.2 Å². The Morgan fingerprint density at radius 1 is 1.09 bits per heavy atom. The van der Waals surface area contributed by atoms with Gasteiger partial charge in [0.2, 0.25) is 0 Å². The lowest BCUT2D eigenvalue weighted by molar-refractivity contribution is 0.0376. The number of thiazole rings is 1. The third-order valence-electron chi connectivity index (χ3n) is 5.81. The van der Waals surface area contributed by atoms with Gasteiger partial charge in [-0.3, -0.25) is 14.6 Å². The lowest BCUT2D eigenvalue weighted by Crippen LogP contribution is -2.39. The van der Waals surface area contributed by atoms with Gasteiger partial charge in [0.05, 0.1) is 30.5 Å². The summed E-state index contributed by atoms with van der Waals surface area (Å²) in [7, 11) is 1.64. The van der Waals surface area contributed by atoms with Crippen molar-refractivity contribution in [3.05, 3.63) is 42.0 Å². The standard InChI is InChI=1S/C24H27N3O5S.ClH/c1-29-18-4-6-22-19(16-18)25-24(33-22)27(8-2-7-26-9-11-30-12-10-26)23(28)17-3-5-20-21(15-17)32-14-13-31-20;/h3-6,15-16H,2,7-14H2,1H3;1H. The van der Waals surface area contributed by atoms with E-state index >= 15 is 0 Å². The molecule has 1 aromatic heterocycles. The molecule has 1 amide bonds. The van der Waals surface area contributed by atoms with Crippen molar-refractivity contribution in [3.63, 3.8) is 0 Å². The van der Waals surface area contributed by atoms with E-state index < -0.39 is 0 Å². The average molecular weight is 506 g/mol. The molecule has 3 heterocycles. The summed E-state index contributed by atoms with van der Waals surface area (Å²) in [4.78, 5) is 22.6. The number of amides is 1. The number of hydrogen-bond donors (Lipinski definition) is 0. The summed E-state index contributed by atoms with van der Waals surface area (Å²) in [5.41, 5.74) is 1.38. The highest BCUT2D eigenvalue weighted by Gasteiger charge is 2.24. The van der Waals surface area contributed by atoms with Gasteiger partial charge in [-0.2, -0.15) is 0 Å². The van der Waals surface area contributed by atoms with Crippen molar-refractivity contribution >= 4 is 45.0 Å². The number of hydrogen-bond acceptors (Lipinski definition) is 8. The highest BCUT2D eigenvalue weighted by Crippen LogP contribution is 2.34. The molecule has 0 aliphatic carbocycles. The molecule has 0 bridgehead atoms. The van der Waals surface area contributed by atoms with E-state index in [0.29, 0.717) is 42.0 Å². The summed E-state index contributed by atoms with van der Waals surface area (Å²) >= 11 is 1.51. The normalized spacial score (nSPS) is 15.6. The minimum atomic E-state index is -0.0972. The molecule has 182 valence electrons. The van der Waals surface area contributed by atoms with Crippen LogP contribution in [0, 0.1) is 0 Å². The Kier molecular flexibility index (Phi) is 8.10. The number of aromatic nitrogens is 1. The molecule has 5 rings (SSSR count). The third-order valence-corrected chi connectivity index (χ3v) is 6.87. The maximum absolute atomic E-state index is 13.7. The quantitative estimate of drug-likeness (QED) is 0.482. The largest absolute Gasteiger partial charge is 0.497 e. The van der Waals surface area contributed by atoms with E-state index in [9.17, 15) is 4.79 Å². The lowest BCUT2D eigenvalue weighted by Gasteiger charge is -2.28. The Labute approximate surface area is 208 Å². The number of methoxy groups -OCH3 is 1. The van der Waals surface area contributed by atoms with Gasteiger partial charge in [-0.05, 0) is 36.8 Å². The number of rotatable bonds is 7. The summed E-state index contributed by atoms with van der Waals surface area (Å²) in [5.74, 6) is 1.93. The SMILES string of the molecule is COc1ccc2sc(N(CCCN3CCOCC3)C(=O)c3ccc4c(c3)OCCO4)nc2c1.Cl. The summed E-state index contributed by atoms with van der Waals surface area (Å²) in [6.45, 7) is 5.86. The van der Waals surface area contributed by atoms with Crippen LogP contribution in [0.3, 0.4) is 0 Å². The van der Waals surface area contributed by atoms with Gasteiger partial charge < -0.3 is 18.9 Å². The minimum Gasteiger partial charge on any atom is -0.497 e. The molecule has 8 nitrogen and oxygen atoms in total. The molecular formula is C24H28ClN3O5S. The fraction of sp³-hybridized carbons (Fsp3) is 0.417. The van der Waals surface area contributed by atoms with Crippen molar-refractivity contribution in [2.24, 2.45) is 0 Å². The highest BCUT2D eigenvalue weighted by molar-refractivity contribution is 7.22. The number of benzene rings is 2. The minimum absolute atomic E-state index is 0. The number of nitrogens with zero attached hydrogens (tertiary/aromatic N) is 3. The van der Waals surface area contributed by atoms with E-state index in [1.54, 1.807) is 30.2 Å². The average Bonchev–Trinajstić information content (AvgIpc) is 3.29. The van der Waals surface area contributed by atoms with Gasteiger partial charge in [-0.1, -0.05) is 11.3 Å². The number of carbonyl (C=O) groups excluding carboxylic acids is 1. The fourth-order valence-corrected chi connectivity index (χ4v) is 5.00. The smallest absolute Gasteiger partial charge is 0.260 e. The summed E-state index contributed by atoms with van der Waals surface area (Å²) < 4.78 is 23.1. The van der Waals surface area contributed by atoms with Crippen LogP contribution >= 0.6 is 23.7 Å². The van der Waals surface area contributed by atoms with Gasteiger partial charge in [-0.25, -0.2) is 4.98 Å². The molecule has 3 aromatic rings. The summed E-state index contributed by atoms with van der Waals surface area (Å²) in [6, 6.07) is 11.2. The zero-order valence-electron chi connectivity index (χ0n) is 19.0. The van der Waals surface area contributed by atoms with Gasteiger partial charge in [0.25, 0.3) is 5.91 Å². The molecule has 0 atom stereocenters. The van der Waals surface area contributed by atoms with Crippen LogP contribution in [0.2, 0.25) is 0 Å². The number of halogens is 1. The number of carbonyl (C=O) groups is 1. The van der Waals surface area contributed by atoms with Crippen LogP contribution in [0.25, 0.3) is 10.2 Å². The molecule has 0 N–H and O–H groups in total. The van der Waals surface area contributed by atoms with Crippen LogP contribution in [0.15, 0.2) is 36.4 Å². The topological polar surface area (TPSA) is 73.4 Å². The van der Waals surface area contributed by atoms with Crippen molar-refractivity contribution in [2.45, 2.75) is 6.42 Å². The molecule has 1 fully saturated rings. The fourth-order valence-electron chi connectivity index (χ4n) is 4.03. The second-order valence-electron chi connectivity index (χ2n) is 7.95. The maximum atomic E-state index is 13.7. The lowest BCUT2D eigenvalue weighted by atomic mass is 10.1. The number of anilines is 1. The predicted octanol–water partition coefficient (Wildman–Crippen LogP) is 3.87. The molecule has 10 heteroatoms.